The van der Waals surface area contributed by atoms with Gasteiger partial charge in [0.1, 0.15) is 5.82 Å². The normalized spacial score (nSPS) is 13.0. The van der Waals surface area contributed by atoms with Crippen molar-refractivity contribution in [3.63, 3.8) is 0 Å². The van der Waals surface area contributed by atoms with Gasteiger partial charge in [-0.15, -0.1) is 0 Å². The Bertz CT molecular complexity index is 537. The molecule has 1 aliphatic rings. The van der Waals surface area contributed by atoms with Gasteiger partial charge in [-0.1, -0.05) is 32.0 Å². The third-order valence-electron chi connectivity index (χ3n) is 2.69. The molecule has 1 aliphatic heterocycles. The molecule has 1 saturated heterocycles. The molecule has 0 bridgehead atoms. The molecule has 1 aromatic heterocycles. The Labute approximate surface area is 155 Å². The number of pyridine rings is 1. The summed E-state index contributed by atoms with van der Waals surface area (Å²) in [5, 5.41) is 6.38. The van der Waals surface area contributed by atoms with Gasteiger partial charge < -0.3 is 15.4 Å². The number of halogens is 2. The van der Waals surface area contributed by atoms with Crippen LogP contribution in [-0.4, -0.2) is 31.3 Å². The molecule has 126 valence electrons. The molecule has 0 spiro atoms. The van der Waals surface area contributed by atoms with Crippen LogP contribution in [0.3, 0.4) is 0 Å². The van der Waals surface area contributed by atoms with Crippen LogP contribution in [0.5, 0.6) is 0 Å². The summed E-state index contributed by atoms with van der Waals surface area (Å²) in [6, 6.07) is 11.9. The maximum Gasteiger partial charge on any atom is 0.144 e. The van der Waals surface area contributed by atoms with E-state index in [-0.39, 0.29) is 0 Å². The molecule has 0 radical (unpaired) electrons. The van der Waals surface area contributed by atoms with E-state index in [9.17, 15) is 0 Å². The molecule has 4 nitrogen and oxygen atoms in total. The summed E-state index contributed by atoms with van der Waals surface area (Å²) in [5.41, 5.74) is 1.02. The van der Waals surface area contributed by atoms with Crippen LogP contribution in [0, 0.1) is 0 Å². The molecule has 2 heterocycles. The van der Waals surface area contributed by atoms with Crippen LogP contribution < -0.4 is 10.6 Å². The number of hydrogen-bond donors (Lipinski definition) is 2. The largest absolute Gasteiger partial charge is 0.379 e. The van der Waals surface area contributed by atoms with Gasteiger partial charge in [0.25, 0.3) is 0 Å². The number of nitrogens with one attached hydrogen (secondary N) is 2. The Morgan fingerprint density at radius 1 is 1.09 bits per heavy atom. The van der Waals surface area contributed by atoms with E-state index < -0.39 is 0 Å². The van der Waals surface area contributed by atoms with Crippen molar-refractivity contribution in [1.29, 1.82) is 0 Å². The summed E-state index contributed by atoms with van der Waals surface area (Å²) >= 11 is 6.81. The fraction of sp³-hybridized carbons (Fsp3) is 0.353. The summed E-state index contributed by atoms with van der Waals surface area (Å²) in [6.07, 6.45) is 1.76. The van der Waals surface area contributed by atoms with Gasteiger partial charge in [0.05, 0.1) is 17.7 Å². The molecule has 0 saturated carbocycles. The third-order valence-corrected chi connectivity index (χ3v) is 3.73. The Morgan fingerprint density at radius 3 is 2.22 bits per heavy atom. The van der Waals surface area contributed by atoms with Crippen molar-refractivity contribution in [3.8, 4) is 0 Å². The molecule has 0 atom stereocenters. The lowest BCUT2D eigenvalue weighted by molar-refractivity contribution is 0.109. The summed E-state index contributed by atoms with van der Waals surface area (Å²) in [7, 11) is 0. The highest BCUT2D eigenvalue weighted by Crippen LogP contribution is 2.25. The minimum Gasteiger partial charge on any atom is -0.379 e. The molecule has 1 aromatic carbocycles. The van der Waals surface area contributed by atoms with Gasteiger partial charge >= 0.3 is 0 Å². The van der Waals surface area contributed by atoms with E-state index >= 15 is 0 Å². The molecule has 2 aromatic rings. The van der Waals surface area contributed by atoms with Crippen LogP contribution in [0.25, 0.3) is 0 Å². The second-order valence-electron chi connectivity index (χ2n) is 4.34. The third kappa shape index (κ3) is 8.46. The number of nitrogens with zero attached hydrogens (tertiary/aromatic N) is 1. The lowest BCUT2D eigenvalue weighted by Gasteiger charge is -2.10. The number of aromatic nitrogens is 1. The van der Waals surface area contributed by atoms with Crippen molar-refractivity contribution in [1.82, 2.24) is 10.3 Å². The lowest BCUT2D eigenvalue weighted by Crippen LogP contribution is -2.30. The van der Waals surface area contributed by atoms with Gasteiger partial charge in [-0.2, -0.15) is 0 Å². The average molecular weight is 445 g/mol. The van der Waals surface area contributed by atoms with E-state index in [1.165, 1.54) is 0 Å². The summed E-state index contributed by atoms with van der Waals surface area (Å²) < 4.78 is 6.89. The first-order valence-corrected chi connectivity index (χ1v) is 9.26. The molecule has 0 unspecified atom stereocenters. The average Bonchev–Trinajstić information content (AvgIpc) is 2.62. The van der Waals surface area contributed by atoms with Gasteiger partial charge in [-0.05, 0) is 50.1 Å². The van der Waals surface area contributed by atoms with Crippen LogP contribution in [0.2, 0.25) is 0 Å². The van der Waals surface area contributed by atoms with Crippen LogP contribution in [-0.2, 0) is 4.74 Å². The van der Waals surface area contributed by atoms with E-state index in [0.29, 0.717) is 0 Å². The zero-order valence-electron chi connectivity index (χ0n) is 13.5. The van der Waals surface area contributed by atoms with E-state index in [1.54, 1.807) is 6.20 Å². The molecule has 23 heavy (non-hydrogen) atoms. The van der Waals surface area contributed by atoms with Crippen LogP contribution in [0.15, 0.2) is 51.5 Å². The number of rotatable bonds is 2. The first-order chi connectivity index (χ1) is 11.3. The highest BCUT2D eigenvalue weighted by molar-refractivity contribution is 9.11. The Morgan fingerprint density at radius 2 is 1.74 bits per heavy atom. The van der Waals surface area contributed by atoms with Gasteiger partial charge in [-0.3, -0.25) is 0 Å². The quantitative estimate of drug-likeness (QED) is 0.685. The second kappa shape index (κ2) is 12.5. The monoisotopic (exact) mass is 443 g/mol. The van der Waals surface area contributed by atoms with Gasteiger partial charge in [0.15, 0.2) is 0 Å². The van der Waals surface area contributed by atoms with E-state index in [2.05, 4.69) is 47.5 Å². The first-order valence-electron chi connectivity index (χ1n) is 7.67. The smallest absolute Gasteiger partial charge is 0.144 e. The standard InChI is InChI=1S/C11H8Br2N2.C4H9NO.C2H6/c12-8-6-10(13)11(14-7-8)15-9-4-2-1-3-5-9;1-3-6-4-2-5-1;1-2/h1-7H,(H,14,15);5H,1-4H2;1-2H3. The number of morpholine rings is 1. The topological polar surface area (TPSA) is 46.2 Å². The Balaban J connectivity index is 0.000000276. The van der Waals surface area contributed by atoms with Crippen molar-refractivity contribution in [3.05, 3.63) is 51.5 Å². The minimum atomic E-state index is 0.810. The van der Waals surface area contributed by atoms with E-state index in [4.69, 9.17) is 4.74 Å². The molecule has 0 amide bonds. The summed E-state index contributed by atoms with van der Waals surface area (Å²) in [6.45, 7) is 7.83. The molecule has 6 heteroatoms. The van der Waals surface area contributed by atoms with Crippen molar-refractivity contribution in [2.45, 2.75) is 13.8 Å². The van der Waals surface area contributed by atoms with Crippen LogP contribution >= 0.6 is 31.9 Å². The van der Waals surface area contributed by atoms with Crippen molar-refractivity contribution >= 4 is 43.4 Å². The second-order valence-corrected chi connectivity index (χ2v) is 6.11. The molecule has 2 N–H and O–H groups in total. The fourth-order valence-electron chi connectivity index (χ4n) is 1.68. The SMILES string of the molecule is Brc1cnc(Nc2ccccc2)c(Br)c1.C1COCCN1.CC. The molecule has 1 fully saturated rings. The van der Waals surface area contributed by atoms with Gasteiger partial charge in [-0.25, -0.2) is 4.98 Å². The molecule has 3 rings (SSSR count). The first kappa shape index (κ1) is 20.1. The maximum atomic E-state index is 5.01. The minimum absolute atomic E-state index is 0.810. The molecule has 0 aliphatic carbocycles. The van der Waals surface area contributed by atoms with Crippen LogP contribution in [0.4, 0.5) is 11.5 Å². The van der Waals surface area contributed by atoms with Gasteiger partial charge in [0, 0.05) is 29.4 Å². The van der Waals surface area contributed by atoms with E-state index in [0.717, 1.165) is 46.8 Å². The number of para-hydroxylation sites is 1. The predicted octanol–water partition coefficient (Wildman–Crippen LogP) is 4.98. The predicted molar refractivity (Wildman–Crippen MR) is 104 cm³/mol. The Kier molecular flexibility index (Phi) is 10.9. The van der Waals surface area contributed by atoms with E-state index in [1.807, 2.05) is 50.2 Å². The number of benzene rings is 1. The lowest BCUT2D eigenvalue weighted by atomic mass is 10.3. The zero-order valence-corrected chi connectivity index (χ0v) is 16.7. The summed E-state index contributed by atoms with van der Waals surface area (Å²) in [5.74, 6) is 0.810. The van der Waals surface area contributed by atoms with Crippen molar-refractivity contribution in [2.75, 3.05) is 31.6 Å². The summed E-state index contributed by atoms with van der Waals surface area (Å²) in [4.78, 5) is 4.27. The highest BCUT2D eigenvalue weighted by Gasteiger charge is 2.01. The van der Waals surface area contributed by atoms with Crippen molar-refractivity contribution in [2.24, 2.45) is 0 Å². The van der Waals surface area contributed by atoms with Crippen LogP contribution in [0.1, 0.15) is 13.8 Å². The molecular weight excluding hydrogens is 422 g/mol. The Hall–Kier alpha value is -0.950. The van der Waals surface area contributed by atoms with Gasteiger partial charge in [0.2, 0.25) is 0 Å². The molecular formula is C17H23Br2N3O. The maximum absolute atomic E-state index is 5.01. The highest BCUT2D eigenvalue weighted by atomic mass is 79.9. The number of hydrogen-bond acceptors (Lipinski definition) is 4. The zero-order chi connectivity index (χ0) is 16.9. The van der Waals surface area contributed by atoms with Crippen molar-refractivity contribution < 1.29 is 4.74 Å². The fourth-order valence-corrected chi connectivity index (χ4v) is 2.77. The number of anilines is 2. The number of ether oxygens (including phenoxy) is 1.